The maximum absolute atomic E-state index is 12.4. The Morgan fingerprint density at radius 1 is 0.963 bits per heavy atom. The second kappa shape index (κ2) is 7.92. The average molecular weight is 384 g/mol. The number of nitrogens with zero attached hydrogens (tertiary/aromatic N) is 3. The summed E-state index contributed by atoms with van der Waals surface area (Å²) in [5.41, 5.74) is 2.36. The minimum absolute atomic E-state index is 0.0713. The second-order valence-corrected chi connectivity index (χ2v) is 9.50. The first-order chi connectivity index (χ1) is 13.1. The number of piperazine rings is 1. The zero-order valence-electron chi connectivity index (χ0n) is 15.3. The molecule has 0 amide bonds. The van der Waals surface area contributed by atoms with Crippen LogP contribution in [0.25, 0.3) is 6.08 Å². The van der Waals surface area contributed by atoms with Crippen LogP contribution in [0.5, 0.6) is 0 Å². The van der Waals surface area contributed by atoms with Gasteiger partial charge in [0.2, 0.25) is 0 Å². The van der Waals surface area contributed by atoms with Crippen LogP contribution in [0.1, 0.15) is 11.1 Å². The summed E-state index contributed by atoms with van der Waals surface area (Å²) in [5, 5.41) is 0. The number of hydrogen-bond donors (Lipinski definition) is 0. The molecule has 1 aromatic carbocycles. The van der Waals surface area contributed by atoms with E-state index in [1.165, 1.54) is 11.1 Å². The van der Waals surface area contributed by atoms with E-state index < -0.39 is 9.84 Å². The van der Waals surface area contributed by atoms with Crippen LogP contribution in [0, 0.1) is 0 Å². The molecule has 0 N–H and O–H groups in total. The predicted octanol–water partition coefficient (Wildman–Crippen LogP) is 2.08. The molecule has 2 atom stereocenters. The largest absolute Gasteiger partial charge is 0.293 e. The van der Waals surface area contributed by atoms with Gasteiger partial charge in [0, 0.05) is 50.7 Å². The Balaban J connectivity index is 1.46. The van der Waals surface area contributed by atoms with E-state index in [4.69, 9.17) is 0 Å². The summed E-state index contributed by atoms with van der Waals surface area (Å²) in [6.45, 7) is 3.35. The molecule has 2 aromatic rings. The molecule has 0 unspecified atom stereocenters. The highest BCUT2D eigenvalue weighted by molar-refractivity contribution is 7.91. The lowest BCUT2D eigenvalue weighted by Gasteiger charge is -2.43. The Morgan fingerprint density at radius 2 is 1.63 bits per heavy atom. The van der Waals surface area contributed by atoms with Crippen molar-refractivity contribution in [1.82, 2.24) is 14.8 Å². The van der Waals surface area contributed by atoms with Gasteiger partial charge < -0.3 is 0 Å². The van der Waals surface area contributed by atoms with Crippen molar-refractivity contribution in [3.05, 3.63) is 72.1 Å². The van der Waals surface area contributed by atoms with Gasteiger partial charge in [0.25, 0.3) is 0 Å². The number of sulfone groups is 1. The molecule has 142 valence electrons. The lowest BCUT2D eigenvalue weighted by Crippen LogP contribution is -2.58. The second-order valence-electron chi connectivity index (χ2n) is 7.35. The summed E-state index contributed by atoms with van der Waals surface area (Å²) in [6, 6.07) is 14.4. The molecule has 2 saturated heterocycles. The lowest BCUT2D eigenvalue weighted by molar-refractivity contribution is 0.0480. The van der Waals surface area contributed by atoms with Crippen LogP contribution in [0.2, 0.25) is 0 Å². The van der Waals surface area contributed by atoms with Crippen LogP contribution in [-0.4, -0.2) is 66.4 Å². The molecule has 2 aliphatic heterocycles. The summed E-state index contributed by atoms with van der Waals surface area (Å²) < 4.78 is 24.7. The fraction of sp³-hybridized carbons (Fsp3) is 0.381. The fourth-order valence-electron chi connectivity index (χ4n) is 4.13. The standard InChI is InChI=1S/C21H25N3O2S/c25-27(26)16-20-21(17-27)24(15-19-8-10-22-11-9-19)14-13-23(20)12-4-7-18-5-2-1-3-6-18/h1-11,20-21H,12-17H2/t20-,21+/m0/s1. The number of pyridine rings is 1. The van der Waals surface area contributed by atoms with Crippen molar-refractivity contribution in [2.45, 2.75) is 18.6 Å². The zero-order valence-corrected chi connectivity index (χ0v) is 16.1. The van der Waals surface area contributed by atoms with Crippen molar-refractivity contribution in [2.75, 3.05) is 31.1 Å². The Kier molecular flexibility index (Phi) is 5.38. The third-order valence-corrected chi connectivity index (χ3v) is 7.19. The molecule has 2 aliphatic rings. The smallest absolute Gasteiger partial charge is 0.153 e. The Labute approximate surface area is 161 Å². The van der Waals surface area contributed by atoms with E-state index in [1.807, 2.05) is 30.3 Å². The zero-order chi connectivity index (χ0) is 18.7. The Morgan fingerprint density at radius 3 is 2.37 bits per heavy atom. The van der Waals surface area contributed by atoms with Gasteiger partial charge in [0.1, 0.15) is 0 Å². The maximum Gasteiger partial charge on any atom is 0.153 e. The molecule has 0 bridgehead atoms. The molecule has 5 nitrogen and oxygen atoms in total. The Bertz CT molecular complexity index is 884. The van der Waals surface area contributed by atoms with Gasteiger partial charge in [0.05, 0.1) is 11.5 Å². The van der Waals surface area contributed by atoms with Crippen molar-refractivity contribution in [2.24, 2.45) is 0 Å². The van der Waals surface area contributed by atoms with Crippen molar-refractivity contribution >= 4 is 15.9 Å². The van der Waals surface area contributed by atoms with Crippen molar-refractivity contribution in [1.29, 1.82) is 0 Å². The van der Waals surface area contributed by atoms with E-state index in [2.05, 4.69) is 39.1 Å². The van der Waals surface area contributed by atoms with Gasteiger partial charge in [-0.15, -0.1) is 0 Å². The highest BCUT2D eigenvalue weighted by Gasteiger charge is 2.46. The SMILES string of the molecule is O=S1(=O)C[C@@H]2[C@H](C1)N(CC=Cc1ccccc1)CCN2Cc1ccncc1. The van der Waals surface area contributed by atoms with E-state index in [1.54, 1.807) is 12.4 Å². The molecule has 3 heterocycles. The van der Waals surface area contributed by atoms with Crippen molar-refractivity contribution in [3.8, 4) is 0 Å². The number of benzene rings is 1. The van der Waals surface area contributed by atoms with Gasteiger partial charge in [-0.3, -0.25) is 14.8 Å². The minimum Gasteiger partial charge on any atom is -0.293 e. The summed E-state index contributed by atoms with van der Waals surface area (Å²) in [5.74, 6) is 0.533. The molecule has 4 rings (SSSR count). The Hall–Kier alpha value is -2.02. The molecule has 2 fully saturated rings. The molecule has 0 spiro atoms. The molecule has 1 aromatic heterocycles. The van der Waals surface area contributed by atoms with Crippen LogP contribution in [0.4, 0.5) is 0 Å². The first-order valence-electron chi connectivity index (χ1n) is 9.40. The van der Waals surface area contributed by atoms with Gasteiger partial charge in [-0.25, -0.2) is 8.42 Å². The molecule has 0 aliphatic carbocycles. The number of aromatic nitrogens is 1. The van der Waals surface area contributed by atoms with Gasteiger partial charge in [-0.2, -0.15) is 0 Å². The van der Waals surface area contributed by atoms with Gasteiger partial charge in [-0.1, -0.05) is 42.5 Å². The van der Waals surface area contributed by atoms with E-state index in [9.17, 15) is 8.42 Å². The van der Waals surface area contributed by atoms with Crippen LogP contribution in [-0.2, 0) is 16.4 Å². The molecule has 0 saturated carbocycles. The maximum atomic E-state index is 12.4. The van der Waals surface area contributed by atoms with Crippen LogP contribution in [0.15, 0.2) is 60.9 Å². The fourth-order valence-corrected chi connectivity index (χ4v) is 6.17. The van der Waals surface area contributed by atoms with Gasteiger partial charge >= 0.3 is 0 Å². The van der Waals surface area contributed by atoms with Gasteiger partial charge in [0.15, 0.2) is 9.84 Å². The van der Waals surface area contributed by atoms with Crippen LogP contribution >= 0.6 is 0 Å². The third-order valence-electron chi connectivity index (χ3n) is 5.49. The van der Waals surface area contributed by atoms with E-state index >= 15 is 0 Å². The third kappa shape index (κ3) is 4.46. The van der Waals surface area contributed by atoms with E-state index in [0.717, 1.165) is 26.2 Å². The molecular weight excluding hydrogens is 358 g/mol. The summed E-state index contributed by atoms with van der Waals surface area (Å²) in [4.78, 5) is 8.73. The molecular formula is C21H25N3O2S. The average Bonchev–Trinajstić information content (AvgIpc) is 3.01. The summed E-state index contributed by atoms with van der Waals surface area (Å²) in [7, 11) is -2.98. The normalized spacial score (nSPS) is 25.6. The van der Waals surface area contributed by atoms with Crippen LogP contribution in [0.3, 0.4) is 0 Å². The summed E-state index contributed by atoms with van der Waals surface area (Å²) >= 11 is 0. The van der Waals surface area contributed by atoms with Crippen LogP contribution < -0.4 is 0 Å². The van der Waals surface area contributed by atoms with E-state index in [-0.39, 0.29) is 23.6 Å². The topological polar surface area (TPSA) is 53.5 Å². The monoisotopic (exact) mass is 383 g/mol. The molecule has 27 heavy (non-hydrogen) atoms. The van der Waals surface area contributed by atoms with Crippen molar-refractivity contribution in [3.63, 3.8) is 0 Å². The number of rotatable bonds is 5. The highest BCUT2D eigenvalue weighted by atomic mass is 32.2. The first-order valence-corrected chi connectivity index (χ1v) is 11.2. The first kappa shape index (κ1) is 18.3. The predicted molar refractivity (Wildman–Crippen MR) is 108 cm³/mol. The quantitative estimate of drug-likeness (QED) is 0.791. The van der Waals surface area contributed by atoms with E-state index in [0.29, 0.717) is 0 Å². The number of fused-ring (bicyclic) bond motifs is 1. The molecule has 6 heteroatoms. The highest BCUT2D eigenvalue weighted by Crippen LogP contribution is 2.28. The van der Waals surface area contributed by atoms with Crippen molar-refractivity contribution < 1.29 is 8.42 Å². The van der Waals surface area contributed by atoms with Gasteiger partial charge in [-0.05, 0) is 23.3 Å². The summed E-state index contributed by atoms with van der Waals surface area (Å²) in [6.07, 6.45) is 7.85. The molecule has 0 radical (unpaired) electrons. The lowest BCUT2D eigenvalue weighted by atomic mass is 10.0. The minimum atomic E-state index is -2.98. The number of hydrogen-bond acceptors (Lipinski definition) is 5.